The summed E-state index contributed by atoms with van der Waals surface area (Å²) in [6.07, 6.45) is 2.00. The zero-order valence-corrected chi connectivity index (χ0v) is 14.2. The molecule has 0 aromatic heterocycles. The van der Waals surface area contributed by atoms with E-state index >= 15 is 0 Å². The molecule has 1 fully saturated rings. The van der Waals surface area contributed by atoms with E-state index in [1.807, 2.05) is 25.7 Å². The van der Waals surface area contributed by atoms with Gasteiger partial charge in [0.2, 0.25) is 0 Å². The summed E-state index contributed by atoms with van der Waals surface area (Å²) in [4.78, 5) is 13.8. The Balaban J connectivity index is 2.42. The van der Waals surface area contributed by atoms with Gasteiger partial charge < -0.3 is 14.4 Å². The van der Waals surface area contributed by atoms with Gasteiger partial charge in [0.1, 0.15) is 5.60 Å². The first-order valence-corrected chi connectivity index (χ1v) is 7.64. The van der Waals surface area contributed by atoms with E-state index in [4.69, 9.17) is 9.47 Å². The van der Waals surface area contributed by atoms with Gasteiger partial charge in [-0.15, -0.1) is 0 Å². The third-order valence-corrected chi connectivity index (χ3v) is 3.39. The molecule has 0 saturated carbocycles. The largest absolute Gasteiger partial charge is 0.444 e. The van der Waals surface area contributed by atoms with Crippen LogP contribution < -0.4 is 0 Å². The van der Waals surface area contributed by atoms with Crippen molar-refractivity contribution in [2.45, 2.75) is 78.6 Å². The second-order valence-corrected chi connectivity index (χ2v) is 7.74. The topological polar surface area (TPSA) is 38.8 Å². The average molecular weight is 285 g/mol. The molecule has 1 unspecified atom stereocenters. The summed E-state index contributed by atoms with van der Waals surface area (Å²) < 4.78 is 11.4. The minimum absolute atomic E-state index is 0.109. The van der Waals surface area contributed by atoms with Crippen molar-refractivity contribution in [2.75, 3.05) is 13.1 Å². The summed E-state index contributed by atoms with van der Waals surface area (Å²) in [5, 5.41) is 0. The molecule has 1 saturated heterocycles. The van der Waals surface area contributed by atoms with E-state index in [0.717, 1.165) is 25.9 Å². The second-order valence-electron chi connectivity index (χ2n) is 7.74. The van der Waals surface area contributed by atoms with Gasteiger partial charge in [-0.25, -0.2) is 4.79 Å². The molecule has 4 nitrogen and oxygen atoms in total. The molecule has 118 valence electrons. The number of ether oxygens (including phenoxy) is 2. The first-order valence-electron chi connectivity index (χ1n) is 7.64. The fourth-order valence-electron chi connectivity index (χ4n) is 2.53. The van der Waals surface area contributed by atoms with Crippen LogP contribution in [0.2, 0.25) is 0 Å². The van der Waals surface area contributed by atoms with Gasteiger partial charge in [0.05, 0.1) is 11.7 Å². The van der Waals surface area contributed by atoms with Gasteiger partial charge in [-0.3, -0.25) is 0 Å². The molecule has 1 aliphatic heterocycles. The highest BCUT2D eigenvalue weighted by Crippen LogP contribution is 2.26. The lowest BCUT2D eigenvalue weighted by atomic mass is 9.91. The van der Waals surface area contributed by atoms with Gasteiger partial charge in [-0.05, 0) is 67.2 Å². The Morgan fingerprint density at radius 1 is 1.05 bits per heavy atom. The van der Waals surface area contributed by atoms with E-state index in [2.05, 4.69) is 27.7 Å². The maximum absolute atomic E-state index is 12.0. The molecule has 0 radical (unpaired) electrons. The average Bonchev–Trinajstić information content (AvgIpc) is 2.24. The van der Waals surface area contributed by atoms with E-state index in [-0.39, 0.29) is 17.8 Å². The van der Waals surface area contributed by atoms with Crippen molar-refractivity contribution in [3.8, 4) is 0 Å². The molecule has 20 heavy (non-hydrogen) atoms. The smallest absolute Gasteiger partial charge is 0.410 e. The molecule has 1 atom stereocenters. The Labute approximate surface area is 123 Å². The summed E-state index contributed by atoms with van der Waals surface area (Å²) in [7, 11) is 0. The third-order valence-electron chi connectivity index (χ3n) is 3.39. The van der Waals surface area contributed by atoms with Crippen molar-refractivity contribution in [3.63, 3.8) is 0 Å². The number of nitrogens with zero attached hydrogens (tertiary/aromatic N) is 1. The Hall–Kier alpha value is -0.770. The number of carbonyl (C=O) groups excluding carboxylic acids is 1. The van der Waals surface area contributed by atoms with Gasteiger partial charge in [0.15, 0.2) is 0 Å². The quantitative estimate of drug-likeness (QED) is 0.774. The number of carbonyl (C=O) groups is 1. The van der Waals surface area contributed by atoms with Crippen LogP contribution in [0.25, 0.3) is 0 Å². The molecule has 0 aromatic rings. The molecule has 0 aliphatic carbocycles. The maximum Gasteiger partial charge on any atom is 0.410 e. The van der Waals surface area contributed by atoms with E-state index in [1.165, 1.54) is 0 Å². The predicted molar refractivity (Wildman–Crippen MR) is 80.8 cm³/mol. The highest BCUT2D eigenvalue weighted by atomic mass is 16.6. The van der Waals surface area contributed by atoms with Crippen LogP contribution in [0.15, 0.2) is 0 Å². The van der Waals surface area contributed by atoms with E-state index in [1.54, 1.807) is 0 Å². The molecular weight excluding hydrogens is 254 g/mol. The summed E-state index contributed by atoms with van der Waals surface area (Å²) in [6, 6.07) is 0. The number of amides is 1. The zero-order chi connectivity index (χ0) is 15.6. The molecular formula is C16H31NO3. The lowest BCUT2D eigenvalue weighted by Gasteiger charge is -2.37. The normalized spacial score (nSPS) is 19.9. The van der Waals surface area contributed by atoms with Crippen molar-refractivity contribution in [1.82, 2.24) is 4.90 Å². The Morgan fingerprint density at radius 2 is 1.55 bits per heavy atom. The van der Waals surface area contributed by atoms with Crippen LogP contribution in [0.4, 0.5) is 4.79 Å². The number of likely N-dealkylation sites (tertiary alicyclic amines) is 1. The Morgan fingerprint density at radius 3 is 1.95 bits per heavy atom. The zero-order valence-electron chi connectivity index (χ0n) is 14.2. The van der Waals surface area contributed by atoms with Crippen molar-refractivity contribution in [1.29, 1.82) is 0 Å². The molecule has 0 spiro atoms. The molecule has 0 bridgehead atoms. The first kappa shape index (κ1) is 17.3. The fourth-order valence-corrected chi connectivity index (χ4v) is 2.53. The van der Waals surface area contributed by atoms with Crippen LogP contribution in [-0.2, 0) is 9.47 Å². The highest BCUT2D eigenvalue weighted by molar-refractivity contribution is 5.68. The fraction of sp³-hybridized carbons (Fsp3) is 0.938. The molecule has 1 heterocycles. The minimum atomic E-state index is -0.420. The van der Waals surface area contributed by atoms with Crippen LogP contribution in [0.5, 0.6) is 0 Å². The molecule has 4 heteroatoms. The van der Waals surface area contributed by atoms with Gasteiger partial charge in [-0.2, -0.15) is 0 Å². The van der Waals surface area contributed by atoms with Gasteiger partial charge >= 0.3 is 6.09 Å². The second kappa shape index (κ2) is 6.33. The summed E-state index contributed by atoms with van der Waals surface area (Å²) in [5.41, 5.74) is -0.529. The van der Waals surface area contributed by atoms with E-state index in [9.17, 15) is 4.79 Å². The molecule has 0 aromatic carbocycles. The summed E-state index contributed by atoms with van der Waals surface area (Å²) in [5.74, 6) is 0.521. The van der Waals surface area contributed by atoms with Gasteiger partial charge in [0, 0.05) is 13.1 Å². The first-order chi connectivity index (χ1) is 8.98. The number of piperidine rings is 1. The van der Waals surface area contributed by atoms with E-state index < -0.39 is 5.60 Å². The monoisotopic (exact) mass is 285 g/mol. The van der Waals surface area contributed by atoms with E-state index in [0.29, 0.717) is 5.92 Å². The maximum atomic E-state index is 12.0. The minimum Gasteiger partial charge on any atom is -0.444 e. The van der Waals surface area contributed by atoms with Crippen LogP contribution in [-0.4, -0.2) is 41.4 Å². The lowest BCUT2D eigenvalue weighted by molar-refractivity contribution is -0.0858. The van der Waals surface area contributed by atoms with Gasteiger partial charge in [-0.1, -0.05) is 0 Å². The summed E-state index contributed by atoms with van der Waals surface area (Å²) in [6.45, 7) is 15.6. The standard InChI is InChI=1S/C16H31NO3/c1-12(19-15(2,3)4)13-8-10-17(11-9-13)14(18)20-16(5,6)7/h12-13H,8-11H2,1-7H3. The number of rotatable bonds is 2. The number of hydrogen-bond acceptors (Lipinski definition) is 3. The Kier molecular flexibility index (Phi) is 5.47. The van der Waals surface area contributed by atoms with Crippen molar-refractivity contribution < 1.29 is 14.3 Å². The highest BCUT2D eigenvalue weighted by Gasteiger charge is 2.30. The molecule has 1 rings (SSSR count). The third kappa shape index (κ3) is 6.12. The van der Waals surface area contributed by atoms with Crippen molar-refractivity contribution in [3.05, 3.63) is 0 Å². The number of hydrogen-bond donors (Lipinski definition) is 0. The lowest BCUT2D eigenvalue weighted by Crippen LogP contribution is -2.44. The predicted octanol–water partition coefficient (Wildman–Crippen LogP) is 3.84. The molecule has 0 N–H and O–H groups in total. The SMILES string of the molecule is CC(OC(C)(C)C)C1CCN(C(=O)OC(C)(C)C)CC1. The van der Waals surface area contributed by atoms with Crippen LogP contribution >= 0.6 is 0 Å². The molecule has 1 amide bonds. The molecule has 1 aliphatic rings. The summed E-state index contributed by atoms with van der Waals surface area (Å²) >= 11 is 0. The van der Waals surface area contributed by atoms with Crippen molar-refractivity contribution >= 4 is 6.09 Å². The Bertz CT molecular complexity index is 320. The van der Waals surface area contributed by atoms with Crippen molar-refractivity contribution in [2.24, 2.45) is 5.92 Å². The van der Waals surface area contributed by atoms with Crippen LogP contribution in [0, 0.1) is 5.92 Å². The van der Waals surface area contributed by atoms with Gasteiger partial charge in [0.25, 0.3) is 0 Å². The van der Waals surface area contributed by atoms with Crippen LogP contribution in [0.1, 0.15) is 61.3 Å². The van der Waals surface area contributed by atoms with Crippen LogP contribution in [0.3, 0.4) is 0 Å².